The highest BCUT2D eigenvalue weighted by Gasteiger charge is 2.24. The van der Waals surface area contributed by atoms with Gasteiger partial charge in [0, 0.05) is 24.0 Å². The van der Waals surface area contributed by atoms with Gasteiger partial charge in [0.15, 0.2) is 0 Å². The fraction of sp³-hybridized carbons (Fsp3) is 0.583. The molecule has 1 aromatic heterocycles. The summed E-state index contributed by atoms with van der Waals surface area (Å²) in [4.78, 5) is 3.98. The number of nitrogens with one attached hydrogen (secondary N) is 1. The number of hydrogen-bond acceptors (Lipinski definition) is 3. The van der Waals surface area contributed by atoms with E-state index in [1.54, 1.807) is 6.20 Å². The van der Waals surface area contributed by atoms with Gasteiger partial charge in [0.05, 0.1) is 0 Å². The van der Waals surface area contributed by atoms with E-state index in [9.17, 15) is 0 Å². The minimum absolute atomic E-state index is 0.583. The van der Waals surface area contributed by atoms with E-state index in [1.807, 2.05) is 12.1 Å². The first-order valence-electron chi connectivity index (χ1n) is 5.76. The highest BCUT2D eigenvalue weighted by Crippen LogP contribution is 2.34. The Kier molecular flexibility index (Phi) is 3.09. The highest BCUT2D eigenvalue weighted by molar-refractivity contribution is 5.50. The third kappa shape index (κ3) is 3.11. The zero-order chi connectivity index (χ0) is 10.7. The lowest BCUT2D eigenvalue weighted by atomic mass is 10.1. The van der Waals surface area contributed by atoms with Gasteiger partial charge in [0.2, 0.25) is 0 Å². The molecule has 1 aliphatic carbocycles. The molecule has 1 atom stereocenters. The van der Waals surface area contributed by atoms with Crippen molar-refractivity contribution in [2.45, 2.75) is 38.6 Å². The van der Waals surface area contributed by atoms with Gasteiger partial charge in [-0.25, -0.2) is 4.98 Å². The van der Waals surface area contributed by atoms with Gasteiger partial charge in [-0.15, -0.1) is 0 Å². The van der Waals surface area contributed by atoms with E-state index in [0.29, 0.717) is 11.9 Å². The number of rotatable bonds is 5. The van der Waals surface area contributed by atoms with Gasteiger partial charge in [-0.3, -0.25) is 0 Å². The van der Waals surface area contributed by atoms with Crippen LogP contribution in [0.15, 0.2) is 18.3 Å². The maximum absolute atomic E-state index is 5.64. The number of nitrogens with two attached hydrogens (primary N) is 1. The predicted octanol–water partition coefficient (Wildman–Crippen LogP) is 2.65. The second kappa shape index (κ2) is 4.51. The van der Waals surface area contributed by atoms with Gasteiger partial charge in [-0.1, -0.05) is 19.8 Å². The molecule has 1 heterocycles. The molecule has 3 N–H and O–H groups in total. The first-order chi connectivity index (χ1) is 7.28. The van der Waals surface area contributed by atoms with Crippen LogP contribution in [0.5, 0.6) is 0 Å². The largest absolute Gasteiger partial charge is 0.384 e. The van der Waals surface area contributed by atoms with Crippen molar-refractivity contribution in [1.82, 2.24) is 4.98 Å². The van der Waals surface area contributed by atoms with Crippen molar-refractivity contribution in [2.24, 2.45) is 5.92 Å². The summed E-state index contributed by atoms with van der Waals surface area (Å²) in [7, 11) is 0. The normalized spacial score (nSPS) is 17.4. The Morgan fingerprint density at radius 2 is 2.40 bits per heavy atom. The van der Waals surface area contributed by atoms with Crippen LogP contribution in [0.1, 0.15) is 32.6 Å². The van der Waals surface area contributed by atoms with E-state index in [4.69, 9.17) is 5.73 Å². The number of hydrogen-bond donors (Lipinski definition) is 2. The summed E-state index contributed by atoms with van der Waals surface area (Å²) in [6, 6.07) is 4.46. The number of aromatic nitrogens is 1. The lowest BCUT2D eigenvalue weighted by Gasteiger charge is -2.17. The zero-order valence-electron chi connectivity index (χ0n) is 9.24. The first-order valence-corrected chi connectivity index (χ1v) is 5.76. The lowest BCUT2D eigenvalue weighted by Crippen LogP contribution is -2.19. The maximum atomic E-state index is 5.64. The monoisotopic (exact) mass is 205 g/mol. The average Bonchev–Trinajstić information content (AvgIpc) is 3.01. The molecule has 1 unspecified atom stereocenters. The van der Waals surface area contributed by atoms with Crippen molar-refractivity contribution in [3.05, 3.63) is 18.3 Å². The van der Waals surface area contributed by atoms with Crippen LogP contribution in [-0.2, 0) is 0 Å². The Hall–Kier alpha value is -1.25. The third-order valence-electron chi connectivity index (χ3n) is 2.96. The van der Waals surface area contributed by atoms with Gasteiger partial charge in [0.1, 0.15) is 5.82 Å². The molecule has 82 valence electrons. The first kappa shape index (κ1) is 10.3. The maximum Gasteiger partial charge on any atom is 0.125 e. The predicted molar refractivity (Wildman–Crippen MR) is 63.7 cm³/mol. The Morgan fingerprint density at radius 3 is 3.00 bits per heavy atom. The molecule has 0 aromatic carbocycles. The molecule has 3 nitrogen and oxygen atoms in total. The Morgan fingerprint density at radius 1 is 1.60 bits per heavy atom. The van der Waals surface area contributed by atoms with Gasteiger partial charge >= 0.3 is 0 Å². The minimum Gasteiger partial charge on any atom is -0.384 e. The third-order valence-corrected chi connectivity index (χ3v) is 2.96. The van der Waals surface area contributed by atoms with Crippen molar-refractivity contribution < 1.29 is 0 Å². The van der Waals surface area contributed by atoms with Crippen molar-refractivity contribution in [3.63, 3.8) is 0 Å². The minimum atomic E-state index is 0.583. The molecule has 0 amide bonds. The van der Waals surface area contributed by atoms with Crippen molar-refractivity contribution in [2.75, 3.05) is 11.1 Å². The molecule has 2 rings (SSSR count). The Balaban J connectivity index is 1.92. The van der Waals surface area contributed by atoms with E-state index in [-0.39, 0.29) is 0 Å². The number of pyridine rings is 1. The second-order valence-electron chi connectivity index (χ2n) is 4.40. The van der Waals surface area contributed by atoms with E-state index in [0.717, 1.165) is 11.6 Å². The van der Waals surface area contributed by atoms with Crippen LogP contribution in [0.2, 0.25) is 0 Å². The van der Waals surface area contributed by atoms with Gasteiger partial charge in [-0.2, -0.15) is 0 Å². The van der Waals surface area contributed by atoms with E-state index < -0.39 is 0 Å². The quantitative estimate of drug-likeness (QED) is 0.777. The molecule has 0 radical (unpaired) electrons. The lowest BCUT2D eigenvalue weighted by molar-refractivity contribution is 0.587. The van der Waals surface area contributed by atoms with Crippen LogP contribution in [0.25, 0.3) is 0 Å². The van der Waals surface area contributed by atoms with E-state index in [2.05, 4.69) is 17.2 Å². The van der Waals surface area contributed by atoms with Crippen LogP contribution in [0, 0.1) is 5.92 Å². The highest BCUT2D eigenvalue weighted by atomic mass is 14.9. The molecule has 0 bridgehead atoms. The fourth-order valence-electron chi connectivity index (χ4n) is 1.86. The molecule has 0 saturated heterocycles. The Bertz CT molecular complexity index is 320. The second-order valence-corrected chi connectivity index (χ2v) is 4.40. The van der Waals surface area contributed by atoms with Crippen LogP contribution < -0.4 is 11.1 Å². The molecule has 0 spiro atoms. The number of nitrogens with zero attached hydrogens (tertiary/aromatic N) is 1. The van der Waals surface area contributed by atoms with Crippen molar-refractivity contribution in [3.8, 4) is 0 Å². The SMILES string of the molecule is CCC(CC1CC1)Nc1ccnc(N)c1. The molecule has 1 aliphatic rings. The van der Waals surface area contributed by atoms with Crippen LogP contribution in [0.3, 0.4) is 0 Å². The van der Waals surface area contributed by atoms with Crippen LogP contribution >= 0.6 is 0 Å². The van der Waals surface area contributed by atoms with Gasteiger partial charge < -0.3 is 11.1 Å². The summed E-state index contributed by atoms with van der Waals surface area (Å²) in [6.45, 7) is 2.23. The summed E-state index contributed by atoms with van der Waals surface area (Å²) in [6.07, 6.45) is 7.03. The standard InChI is InChI=1S/C12H19N3/c1-2-10(7-9-3-4-9)15-11-5-6-14-12(13)8-11/h5-6,8-10H,2-4,7H2,1H3,(H3,13,14,15). The Labute approximate surface area is 91.1 Å². The average molecular weight is 205 g/mol. The van der Waals surface area contributed by atoms with Gasteiger partial charge in [-0.05, 0) is 24.8 Å². The molecular weight excluding hydrogens is 186 g/mol. The van der Waals surface area contributed by atoms with Crippen LogP contribution in [-0.4, -0.2) is 11.0 Å². The molecular formula is C12H19N3. The number of nitrogen functional groups attached to an aromatic ring is 1. The van der Waals surface area contributed by atoms with E-state index in [1.165, 1.54) is 25.7 Å². The molecule has 0 aliphatic heterocycles. The number of anilines is 2. The van der Waals surface area contributed by atoms with Crippen molar-refractivity contribution >= 4 is 11.5 Å². The van der Waals surface area contributed by atoms with E-state index >= 15 is 0 Å². The summed E-state index contributed by atoms with van der Waals surface area (Å²) in [5.41, 5.74) is 6.73. The molecule has 3 heteroatoms. The summed E-state index contributed by atoms with van der Waals surface area (Å²) >= 11 is 0. The molecule has 1 aromatic rings. The molecule has 1 saturated carbocycles. The van der Waals surface area contributed by atoms with Gasteiger partial charge in [0.25, 0.3) is 0 Å². The summed E-state index contributed by atoms with van der Waals surface area (Å²) in [5.74, 6) is 1.54. The fourth-order valence-corrected chi connectivity index (χ4v) is 1.86. The summed E-state index contributed by atoms with van der Waals surface area (Å²) in [5, 5.41) is 3.52. The smallest absolute Gasteiger partial charge is 0.125 e. The van der Waals surface area contributed by atoms with Crippen LogP contribution in [0.4, 0.5) is 11.5 Å². The van der Waals surface area contributed by atoms with Crippen molar-refractivity contribution in [1.29, 1.82) is 0 Å². The summed E-state index contributed by atoms with van der Waals surface area (Å²) < 4.78 is 0. The molecule has 1 fully saturated rings. The zero-order valence-corrected chi connectivity index (χ0v) is 9.24. The topological polar surface area (TPSA) is 50.9 Å². The molecule has 15 heavy (non-hydrogen) atoms.